The van der Waals surface area contributed by atoms with E-state index in [-0.39, 0.29) is 22.0 Å². The van der Waals surface area contributed by atoms with Crippen molar-refractivity contribution in [1.82, 2.24) is 5.32 Å². The van der Waals surface area contributed by atoms with Gasteiger partial charge >= 0.3 is 12.1 Å². The average molecular weight is 554 g/mol. The second-order valence-corrected chi connectivity index (χ2v) is 9.02. The van der Waals surface area contributed by atoms with Crippen molar-refractivity contribution in [3.05, 3.63) is 69.2 Å². The van der Waals surface area contributed by atoms with Crippen molar-refractivity contribution >= 4 is 46.8 Å². The topological polar surface area (TPSA) is 118 Å². The molecule has 1 aliphatic heterocycles. The first kappa shape index (κ1) is 27.9. The van der Waals surface area contributed by atoms with Crippen molar-refractivity contribution < 1.29 is 37.0 Å². The molecule has 0 bridgehead atoms. The number of halogens is 4. The molecule has 1 aliphatic rings. The molecule has 8 nitrogen and oxygen atoms in total. The second-order valence-electron chi connectivity index (χ2n) is 7.62. The molecule has 194 valence electrons. The molecule has 3 rings (SSSR count). The summed E-state index contributed by atoms with van der Waals surface area (Å²) in [4.78, 5) is 37.8. The summed E-state index contributed by atoms with van der Waals surface area (Å²) < 4.78 is 49.2. The van der Waals surface area contributed by atoms with E-state index in [1.165, 1.54) is 13.2 Å². The lowest BCUT2D eigenvalue weighted by atomic mass is 9.78. The first-order valence-electron chi connectivity index (χ1n) is 10.5. The highest BCUT2D eigenvalue weighted by Gasteiger charge is 2.44. The number of hydrogen-bond acceptors (Lipinski definition) is 7. The number of allylic oxidation sites excluding steroid dienone is 1. The number of alkyl halides is 3. The van der Waals surface area contributed by atoms with Crippen LogP contribution in [0.1, 0.15) is 17.0 Å². The number of methoxy groups -OCH3 is 2. The Morgan fingerprint density at radius 2 is 1.86 bits per heavy atom. The molecule has 2 aromatic rings. The molecule has 0 aromatic heterocycles. The van der Waals surface area contributed by atoms with E-state index in [4.69, 9.17) is 21.1 Å². The monoisotopic (exact) mass is 553 g/mol. The highest BCUT2D eigenvalue weighted by molar-refractivity contribution is 8.03. The molecular weight excluding hydrogens is 535 g/mol. The van der Waals surface area contributed by atoms with E-state index < -0.39 is 46.4 Å². The van der Waals surface area contributed by atoms with Crippen molar-refractivity contribution in [2.75, 3.05) is 25.3 Å². The zero-order valence-electron chi connectivity index (χ0n) is 19.3. The Hall–Kier alpha value is -3.69. The van der Waals surface area contributed by atoms with Gasteiger partial charge in [-0.15, -0.1) is 0 Å². The summed E-state index contributed by atoms with van der Waals surface area (Å²) in [6, 6.07) is 11.3. The number of nitriles is 1. The van der Waals surface area contributed by atoms with Crippen molar-refractivity contribution in [3.8, 4) is 11.8 Å². The third-order valence-corrected chi connectivity index (χ3v) is 6.71. The highest BCUT2D eigenvalue weighted by atomic mass is 35.5. The molecule has 0 spiro atoms. The maximum Gasteiger partial charge on any atom is 0.417 e. The third kappa shape index (κ3) is 6.36. The van der Waals surface area contributed by atoms with Crippen LogP contribution in [-0.4, -0.2) is 37.8 Å². The van der Waals surface area contributed by atoms with E-state index >= 15 is 0 Å². The van der Waals surface area contributed by atoms with Gasteiger partial charge in [0.05, 0.1) is 47.2 Å². The smallest absolute Gasteiger partial charge is 0.417 e. The number of carbonyl (C=O) groups excluding carboxylic acids is 3. The maximum atomic E-state index is 13.1. The lowest BCUT2D eigenvalue weighted by molar-refractivity contribution is -0.150. The molecule has 2 atom stereocenters. The molecule has 1 heterocycles. The molecule has 0 fully saturated rings. The van der Waals surface area contributed by atoms with Gasteiger partial charge in [-0.1, -0.05) is 35.5 Å². The minimum atomic E-state index is -4.71. The summed E-state index contributed by atoms with van der Waals surface area (Å²) in [5, 5.41) is 14.2. The zero-order valence-corrected chi connectivity index (χ0v) is 20.9. The molecule has 0 aliphatic carbocycles. The molecule has 37 heavy (non-hydrogen) atoms. The predicted molar refractivity (Wildman–Crippen MR) is 130 cm³/mol. The minimum absolute atomic E-state index is 0.0174. The third-order valence-electron chi connectivity index (χ3n) is 5.36. The van der Waals surface area contributed by atoms with Crippen LogP contribution in [0.4, 0.5) is 18.9 Å². The molecule has 13 heteroatoms. The van der Waals surface area contributed by atoms with E-state index in [9.17, 15) is 32.8 Å². The Kier molecular flexibility index (Phi) is 8.73. The first-order chi connectivity index (χ1) is 17.5. The van der Waals surface area contributed by atoms with Gasteiger partial charge in [-0.2, -0.15) is 18.4 Å². The number of rotatable bonds is 7. The van der Waals surface area contributed by atoms with Crippen LogP contribution in [-0.2, 0) is 25.3 Å². The van der Waals surface area contributed by atoms with Crippen LogP contribution in [0.3, 0.4) is 0 Å². The Labute approximate surface area is 218 Å². The number of nitrogens with zero attached hydrogens (tertiary/aromatic N) is 1. The van der Waals surface area contributed by atoms with Crippen LogP contribution in [0.5, 0.6) is 5.75 Å². The second kappa shape index (κ2) is 11.6. The number of amides is 2. The average Bonchev–Trinajstić information content (AvgIpc) is 2.87. The van der Waals surface area contributed by atoms with Gasteiger partial charge in [0, 0.05) is 11.6 Å². The number of carbonyl (C=O) groups is 3. The fraction of sp³-hybridized carbons (Fsp3) is 0.250. The fourth-order valence-corrected chi connectivity index (χ4v) is 4.72. The Balaban J connectivity index is 1.87. The number of esters is 1. The Morgan fingerprint density at radius 3 is 2.43 bits per heavy atom. The van der Waals surface area contributed by atoms with Crippen molar-refractivity contribution in [1.29, 1.82) is 5.26 Å². The van der Waals surface area contributed by atoms with E-state index in [1.807, 2.05) is 6.07 Å². The quantitative estimate of drug-likeness (QED) is 0.383. The molecular formula is C24H19ClF3N3O5S. The first-order valence-corrected chi connectivity index (χ1v) is 11.8. The van der Waals surface area contributed by atoms with Gasteiger partial charge in [0.1, 0.15) is 11.7 Å². The van der Waals surface area contributed by atoms with Gasteiger partial charge in [0.25, 0.3) is 0 Å². The number of benzene rings is 2. The van der Waals surface area contributed by atoms with Crippen LogP contribution in [0.25, 0.3) is 0 Å². The van der Waals surface area contributed by atoms with Crippen molar-refractivity contribution in [2.45, 2.75) is 12.1 Å². The largest absolute Gasteiger partial charge is 0.497 e. The van der Waals surface area contributed by atoms with Gasteiger partial charge in [-0.05, 0) is 35.9 Å². The van der Waals surface area contributed by atoms with Gasteiger partial charge in [0.15, 0.2) is 0 Å². The van der Waals surface area contributed by atoms with Gasteiger partial charge in [-0.3, -0.25) is 14.4 Å². The molecule has 2 amide bonds. The normalized spacial score (nSPS) is 17.5. The van der Waals surface area contributed by atoms with Gasteiger partial charge in [0.2, 0.25) is 11.8 Å². The number of thioether (sulfide) groups is 1. The van der Waals surface area contributed by atoms with E-state index in [1.54, 1.807) is 24.3 Å². The number of anilines is 1. The molecule has 2 aromatic carbocycles. The van der Waals surface area contributed by atoms with E-state index in [2.05, 4.69) is 10.6 Å². The summed E-state index contributed by atoms with van der Waals surface area (Å²) >= 11 is 6.39. The number of nitrogens with one attached hydrogen (secondary N) is 2. The van der Waals surface area contributed by atoms with Crippen molar-refractivity contribution in [2.24, 2.45) is 5.92 Å². The predicted octanol–water partition coefficient (Wildman–Crippen LogP) is 4.48. The van der Waals surface area contributed by atoms with E-state index in [0.717, 1.165) is 24.9 Å². The molecule has 0 unspecified atom stereocenters. The van der Waals surface area contributed by atoms with Crippen molar-refractivity contribution in [3.63, 3.8) is 0 Å². The van der Waals surface area contributed by atoms with Crippen LogP contribution in [0, 0.1) is 17.2 Å². The SMILES string of the molecule is COC(=O)[C@H]1C(=O)NC(SCC(=O)Nc2ccc(Cl)c(C(F)(F)F)c2)=C(C#N)[C@H]1c1ccc(OC)cc1. The lowest BCUT2D eigenvalue weighted by Crippen LogP contribution is -2.44. The zero-order chi connectivity index (χ0) is 27.3. The lowest BCUT2D eigenvalue weighted by Gasteiger charge is -2.31. The van der Waals surface area contributed by atoms with E-state index in [0.29, 0.717) is 17.4 Å². The van der Waals surface area contributed by atoms with Crippen LogP contribution >= 0.6 is 23.4 Å². The molecule has 2 N–H and O–H groups in total. The standard InChI is InChI=1S/C24H19ClF3N3O5S/c1-35-14-6-3-12(4-7-14)19-15(10-29)22(31-21(33)20(19)23(34)36-2)37-11-18(32)30-13-5-8-17(25)16(9-13)24(26,27)28/h3-9,19-20H,11H2,1-2H3,(H,30,32)(H,31,33)/t19-,20-/m1/s1. The highest BCUT2D eigenvalue weighted by Crippen LogP contribution is 2.41. The van der Waals surface area contributed by atoms with Crippen LogP contribution in [0.2, 0.25) is 5.02 Å². The maximum absolute atomic E-state index is 13.1. The fourth-order valence-electron chi connectivity index (χ4n) is 3.65. The van der Waals surface area contributed by atoms with Gasteiger partial charge in [-0.25, -0.2) is 0 Å². The number of ether oxygens (including phenoxy) is 2. The summed E-state index contributed by atoms with van der Waals surface area (Å²) in [7, 11) is 2.58. The summed E-state index contributed by atoms with van der Waals surface area (Å²) in [6.45, 7) is 0. The molecule has 0 saturated carbocycles. The summed E-state index contributed by atoms with van der Waals surface area (Å²) in [6.07, 6.45) is -4.71. The molecule has 0 saturated heterocycles. The van der Waals surface area contributed by atoms with Crippen LogP contribution in [0.15, 0.2) is 53.1 Å². The molecule has 0 radical (unpaired) electrons. The summed E-state index contributed by atoms with van der Waals surface area (Å²) in [5.41, 5.74) is -0.758. The van der Waals surface area contributed by atoms with Crippen LogP contribution < -0.4 is 15.4 Å². The Morgan fingerprint density at radius 1 is 1.19 bits per heavy atom. The summed E-state index contributed by atoms with van der Waals surface area (Å²) in [5.74, 6) is -4.49. The number of hydrogen-bond donors (Lipinski definition) is 2. The minimum Gasteiger partial charge on any atom is -0.497 e. The van der Waals surface area contributed by atoms with Gasteiger partial charge < -0.3 is 20.1 Å². The Bertz CT molecular complexity index is 1290.